The Morgan fingerprint density at radius 2 is 2.00 bits per heavy atom. The summed E-state index contributed by atoms with van der Waals surface area (Å²) in [5.41, 5.74) is 1.76. The lowest BCUT2D eigenvalue weighted by Crippen LogP contribution is -2.31. The lowest BCUT2D eigenvalue weighted by molar-refractivity contribution is -0.122. The van der Waals surface area contributed by atoms with Crippen LogP contribution in [0.1, 0.15) is 24.8 Å². The quantitative estimate of drug-likeness (QED) is 0.720. The van der Waals surface area contributed by atoms with Gasteiger partial charge in [0.25, 0.3) is 0 Å². The molecule has 0 aliphatic rings. The first-order chi connectivity index (χ1) is 12.3. The van der Waals surface area contributed by atoms with Gasteiger partial charge in [0.15, 0.2) is 5.82 Å². The molecule has 6 heteroatoms. The SMILES string of the molecule is CCC(C(=O)NCCn1ccnc1-c1cnccn1)c1ccccc1. The molecule has 1 N–H and O–H groups in total. The predicted molar refractivity (Wildman–Crippen MR) is 95.7 cm³/mol. The number of hydrogen-bond acceptors (Lipinski definition) is 4. The molecule has 3 aromatic rings. The van der Waals surface area contributed by atoms with Gasteiger partial charge < -0.3 is 9.88 Å². The van der Waals surface area contributed by atoms with Gasteiger partial charge >= 0.3 is 0 Å². The fraction of sp³-hybridized carbons (Fsp3) is 0.263. The van der Waals surface area contributed by atoms with Crippen molar-refractivity contribution in [1.82, 2.24) is 24.8 Å². The largest absolute Gasteiger partial charge is 0.354 e. The van der Waals surface area contributed by atoms with Crippen molar-refractivity contribution >= 4 is 5.91 Å². The molecule has 0 aliphatic heterocycles. The molecule has 3 rings (SSSR count). The lowest BCUT2D eigenvalue weighted by atomic mass is 9.96. The first-order valence-corrected chi connectivity index (χ1v) is 8.39. The summed E-state index contributed by atoms with van der Waals surface area (Å²) in [5, 5.41) is 3.03. The van der Waals surface area contributed by atoms with E-state index in [-0.39, 0.29) is 11.8 Å². The highest BCUT2D eigenvalue weighted by molar-refractivity contribution is 5.83. The van der Waals surface area contributed by atoms with Crippen LogP contribution in [0.5, 0.6) is 0 Å². The normalized spacial score (nSPS) is 11.9. The first kappa shape index (κ1) is 16.8. The second-order valence-electron chi connectivity index (χ2n) is 5.70. The maximum Gasteiger partial charge on any atom is 0.227 e. The van der Waals surface area contributed by atoms with Crippen LogP contribution >= 0.6 is 0 Å². The number of rotatable bonds is 7. The predicted octanol–water partition coefficient (Wildman–Crippen LogP) is 2.65. The second kappa shape index (κ2) is 8.19. The molecule has 1 aromatic carbocycles. The molecule has 0 radical (unpaired) electrons. The minimum Gasteiger partial charge on any atom is -0.354 e. The highest BCUT2D eigenvalue weighted by Gasteiger charge is 2.18. The number of benzene rings is 1. The molecule has 128 valence electrons. The number of carbonyl (C=O) groups excluding carboxylic acids is 1. The van der Waals surface area contributed by atoms with Crippen LogP contribution in [-0.4, -0.2) is 32.0 Å². The molecule has 25 heavy (non-hydrogen) atoms. The average molecular weight is 335 g/mol. The Labute approximate surface area is 147 Å². The molecule has 1 atom stereocenters. The highest BCUT2D eigenvalue weighted by atomic mass is 16.1. The van der Waals surface area contributed by atoms with Gasteiger partial charge in [0.1, 0.15) is 5.69 Å². The van der Waals surface area contributed by atoms with E-state index in [2.05, 4.69) is 20.3 Å². The molecular formula is C19H21N5O. The standard InChI is InChI=1S/C19H21N5O/c1-2-16(15-6-4-3-5-7-15)19(25)23-11-13-24-12-10-22-18(24)17-14-20-8-9-21-17/h3-10,12,14,16H,2,11,13H2,1H3,(H,23,25). The van der Waals surface area contributed by atoms with Gasteiger partial charge in [-0.25, -0.2) is 9.97 Å². The maximum absolute atomic E-state index is 12.5. The van der Waals surface area contributed by atoms with Crippen LogP contribution in [0.15, 0.2) is 61.3 Å². The summed E-state index contributed by atoms with van der Waals surface area (Å²) >= 11 is 0. The summed E-state index contributed by atoms with van der Waals surface area (Å²) < 4.78 is 1.97. The van der Waals surface area contributed by atoms with Crippen molar-refractivity contribution in [2.75, 3.05) is 6.54 Å². The Morgan fingerprint density at radius 1 is 1.16 bits per heavy atom. The van der Waals surface area contributed by atoms with Gasteiger partial charge in [-0.3, -0.25) is 9.78 Å². The molecule has 2 aromatic heterocycles. The summed E-state index contributed by atoms with van der Waals surface area (Å²) in [6, 6.07) is 9.88. The summed E-state index contributed by atoms with van der Waals surface area (Å²) in [5.74, 6) is 0.677. The van der Waals surface area contributed by atoms with Crippen LogP contribution < -0.4 is 5.32 Å². The Bertz CT molecular complexity index is 801. The van der Waals surface area contributed by atoms with Crippen molar-refractivity contribution in [1.29, 1.82) is 0 Å². The molecular weight excluding hydrogens is 314 g/mol. The zero-order valence-corrected chi connectivity index (χ0v) is 14.2. The van der Waals surface area contributed by atoms with E-state index in [1.807, 2.05) is 48.0 Å². The molecule has 1 amide bonds. The van der Waals surface area contributed by atoms with Gasteiger partial charge in [0.05, 0.1) is 12.1 Å². The van der Waals surface area contributed by atoms with E-state index in [1.54, 1.807) is 24.8 Å². The van der Waals surface area contributed by atoms with Crippen molar-refractivity contribution < 1.29 is 4.79 Å². The molecule has 0 aliphatic carbocycles. The molecule has 0 saturated heterocycles. The Balaban J connectivity index is 1.60. The smallest absolute Gasteiger partial charge is 0.227 e. The third-order valence-electron chi connectivity index (χ3n) is 4.09. The highest BCUT2D eigenvalue weighted by Crippen LogP contribution is 2.19. The van der Waals surface area contributed by atoms with Crippen LogP contribution in [0.2, 0.25) is 0 Å². The summed E-state index contributed by atoms with van der Waals surface area (Å²) in [6.45, 7) is 3.19. The monoisotopic (exact) mass is 335 g/mol. The number of imidazole rings is 1. The zero-order chi connectivity index (χ0) is 17.5. The average Bonchev–Trinajstić information content (AvgIpc) is 3.12. The van der Waals surface area contributed by atoms with Gasteiger partial charge in [-0.1, -0.05) is 37.3 Å². The Kier molecular flexibility index (Phi) is 5.51. The van der Waals surface area contributed by atoms with E-state index >= 15 is 0 Å². The van der Waals surface area contributed by atoms with Crippen LogP contribution in [0.25, 0.3) is 11.5 Å². The van der Waals surface area contributed by atoms with Crippen molar-refractivity contribution in [2.24, 2.45) is 0 Å². The van der Waals surface area contributed by atoms with Gasteiger partial charge in [-0.2, -0.15) is 0 Å². The van der Waals surface area contributed by atoms with Crippen molar-refractivity contribution in [3.8, 4) is 11.5 Å². The molecule has 0 spiro atoms. The van der Waals surface area contributed by atoms with Gasteiger partial charge in [0, 0.05) is 37.9 Å². The Hall–Kier alpha value is -3.02. The topological polar surface area (TPSA) is 72.7 Å². The minimum absolute atomic E-state index is 0.0508. The van der Waals surface area contributed by atoms with Crippen molar-refractivity contribution in [3.05, 3.63) is 66.9 Å². The molecule has 0 bridgehead atoms. The third kappa shape index (κ3) is 4.09. The maximum atomic E-state index is 12.5. The van der Waals surface area contributed by atoms with E-state index in [9.17, 15) is 4.79 Å². The first-order valence-electron chi connectivity index (χ1n) is 8.39. The van der Waals surface area contributed by atoms with Crippen LogP contribution in [-0.2, 0) is 11.3 Å². The third-order valence-corrected chi connectivity index (χ3v) is 4.09. The van der Waals surface area contributed by atoms with Gasteiger partial charge in [-0.05, 0) is 12.0 Å². The number of hydrogen-bond donors (Lipinski definition) is 1. The summed E-state index contributed by atoms with van der Waals surface area (Å²) in [6.07, 6.45) is 9.33. The summed E-state index contributed by atoms with van der Waals surface area (Å²) in [7, 11) is 0. The molecule has 2 heterocycles. The van der Waals surface area contributed by atoms with Crippen LogP contribution in [0.3, 0.4) is 0 Å². The number of amides is 1. The van der Waals surface area contributed by atoms with Crippen molar-refractivity contribution in [3.63, 3.8) is 0 Å². The Morgan fingerprint density at radius 3 is 2.72 bits per heavy atom. The fourth-order valence-corrected chi connectivity index (χ4v) is 2.82. The van der Waals surface area contributed by atoms with E-state index < -0.39 is 0 Å². The van der Waals surface area contributed by atoms with Crippen LogP contribution in [0.4, 0.5) is 0 Å². The van der Waals surface area contributed by atoms with Crippen molar-refractivity contribution in [2.45, 2.75) is 25.8 Å². The zero-order valence-electron chi connectivity index (χ0n) is 14.2. The number of nitrogens with zero attached hydrogens (tertiary/aromatic N) is 4. The molecule has 0 fully saturated rings. The molecule has 0 saturated carbocycles. The van der Waals surface area contributed by atoms with E-state index in [0.717, 1.165) is 23.5 Å². The van der Waals surface area contributed by atoms with Gasteiger partial charge in [0.2, 0.25) is 5.91 Å². The lowest BCUT2D eigenvalue weighted by Gasteiger charge is -2.16. The van der Waals surface area contributed by atoms with E-state index in [0.29, 0.717) is 13.1 Å². The second-order valence-corrected chi connectivity index (χ2v) is 5.70. The van der Waals surface area contributed by atoms with Gasteiger partial charge in [-0.15, -0.1) is 0 Å². The van der Waals surface area contributed by atoms with E-state index in [1.165, 1.54) is 0 Å². The number of aromatic nitrogens is 4. The van der Waals surface area contributed by atoms with E-state index in [4.69, 9.17) is 0 Å². The molecule has 1 unspecified atom stereocenters. The van der Waals surface area contributed by atoms with Crippen LogP contribution in [0, 0.1) is 0 Å². The minimum atomic E-state index is -0.122. The molecule has 6 nitrogen and oxygen atoms in total. The number of nitrogens with one attached hydrogen (secondary N) is 1. The summed E-state index contributed by atoms with van der Waals surface area (Å²) in [4.78, 5) is 25.2. The fourth-order valence-electron chi connectivity index (χ4n) is 2.82. The number of carbonyl (C=O) groups is 1.